The molecule has 88 valence electrons. The van der Waals surface area contributed by atoms with E-state index < -0.39 is 0 Å². The first-order valence-electron chi connectivity index (χ1n) is 5.54. The summed E-state index contributed by atoms with van der Waals surface area (Å²) in [6, 6.07) is 5.87. The summed E-state index contributed by atoms with van der Waals surface area (Å²) in [6.45, 7) is 9.94. The standard InChI is InChI=1S/C14H20O2/c1-10-6-7-12(8-11(10)2)16-9-13(15)14(3,4)5/h6-8H,9H2,1-5H3. The maximum absolute atomic E-state index is 11.7. The molecule has 0 heterocycles. The van der Waals surface area contributed by atoms with Gasteiger partial charge in [0.1, 0.15) is 12.4 Å². The largest absolute Gasteiger partial charge is 0.486 e. The second-order valence-corrected chi connectivity index (χ2v) is 5.21. The van der Waals surface area contributed by atoms with E-state index in [1.807, 2.05) is 45.9 Å². The molecule has 1 rings (SSSR count). The summed E-state index contributed by atoms with van der Waals surface area (Å²) in [5.41, 5.74) is 2.08. The van der Waals surface area contributed by atoms with Crippen LogP contribution in [0, 0.1) is 19.3 Å². The highest BCUT2D eigenvalue weighted by atomic mass is 16.5. The Balaban J connectivity index is 2.62. The third-order valence-corrected chi connectivity index (χ3v) is 2.68. The zero-order valence-corrected chi connectivity index (χ0v) is 10.8. The molecular weight excluding hydrogens is 200 g/mol. The van der Waals surface area contributed by atoms with Crippen LogP contribution in [-0.4, -0.2) is 12.4 Å². The van der Waals surface area contributed by atoms with E-state index in [0.717, 1.165) is 5.75 Å². The molecule has 0 fully saturated rings. The summed E-state index contributed by atoms with van der Waals surface area (Å²) in [5.74, 6) is 0.881. The SMILES string of the molecule is Cc1ccc(OCC(=O)C(C)(C)C)cc1C. The smallest absolute Gasteiger partial charge is 0.175 e. The Morgan fingerprint density at radius 3 is 2.31 bits per heavy atom. The van der Waals surface area contributed by atoms with Gasteiger partial charge in [-0.1, -0.05) is 26.8 Å². The molecule has 16 heavy (non-hydrogen) atoms. The second-order valence-electron chi connectivity index (χ2n) is 5.21. The van der Waals surface area contributed by atoms with Crippen LogP contribution in [0.1, 0.15) is 31.9 Å². The third-order valence-electron chi connectivity index (χ3n) is 2.68. The lowest BCUT2D eigenvalue weighted by atomic mass is 9.91. The van der Waals surface area contributed by atoms with E-state index in [-0.39, 0.29) is 17.8 Å². The van der Waals surface area contributed by atoms with Crippen molar-refractivity contribution in [1.29, 1.82) is 0 Å². The van der Waals surface area contributed by atoms with Gasteiger partial charge in [0.25, 0.3) is 0 Å². The first kappa shape index (κ1) is 12.8. The van der Waals surface area contributed by atoms with Crippen LogP contribution in [0.3, 0.4) is 0 Å². The van der Waals surface area contributed by atoms with Crippen LogP contribution in [0.4, 0.5) is 0 Å². The summed E-state index contributed by atoms with van der Waals surface area (Å²) in [7, 11) is 0. The maximum atomic E-state index is 11.7. The molecule has 0 bridgehead atoms. The molecule has 0 atom stereocenters. The second kappa shape index (κ2) is 4.69. The van der Waals surface area contributed by atoms with Crippen LogP contribution in [0.25, 0.3) is 0 Å². The van der Waals surface area contributed by atoms with Gasteiger partial charge in [-0.2, -0.15) is 0 Å². The number of carbonyl (C=O) groups excluding carboxylic acids is 1. The number of ketones is 1. The predicted molar refractivity (Wildman–Crippen MR) is 65.9 cm³/mol. The maximum Gasteiger partial charge on any atom is 0.175 e. The van der Waals surface area contributed by atoms with Crippen molar-refractivity contribution in [2.75, 3.05) is 6.61 Å². The van der Waals surface area contributed by atoms with Crippen molar-refractivity contribution >= 4 is 5.78 Å². The number of hydrogen-bond donors (Lipinski definition) is 0. The molecule has 0 saturated carbocycles. The first-order chi connectivity index (χ1) is 7.30. The van der Waals surface area contributed by atoms with Gasteiger partial charge in [0.15, 0.2) is 5.78 Å². The predicted octanol–water partition coefficient (Wildman–Crippen LogP) is 3.30. The molecule has 0 radical (unpaired) electrons. The average molecular weight is 220 g/mol. The van der Waals surface area contributed by atoms with E-state index in [0.29, 0.717) is 0 Å². The lowest BCUT2D eigenvalue weighted by Gasteiger charge is -2.17. The number of hydrogen-bond acceptors (Lipinski definition) is 2. The van der Waals surface area contributed by atoms with Gasteiger partial charge < -0.3 is 4.74 Å². The monoisotopic (exact) mass is 220 g/mol. The van der Waals surface area contributed by atoms with Crippen LogP contribution < -0.4 is 4.74 Å². The Bertz CT molecular complexity index is 386. The minimum Gasteiger partial charge on any atom is -0.486 e. The van der Waals surface area contributed by atoms with Crippen LogP contribution in [0.5, 0.6) is 5.75 Å². The molecule has 0 aliphatic heterocycles. The van der Waals surface area contributed by atoms with Crippen molar-refractivity contribution in [3.8, 4) is 5.75 Å². The Kier molecular flexibility index (Phi) is 3.74. The van der Waals surface area contributed by atoms with E-state index in [2.05, 4.69) is 6.92 Å². The highest BCUT2D eigenvalue weighted by Crippen LogP contribution is 2.19. The van der Waals surface area contributed by atoms with E-state index in [9.17, 15) is 4.79 Å². The minimum atomic E-state index is -0.334. The molecule has 0 aliphatic carbocycles. The van der Waals surface area contributed by atoms with Gasteiger partial charge in [0.2, 0.25) is 0 Å². The number of ether oxygens (including phenoxy) is 1. The van der Waals surface area contributed by atoms with Gasteiger partial charge in [-0.3, -0.25) is 4.79 Å². The molecule has 0 aliphatic rings. The number of carbonyl (C=O) groups is 1. The zero-order chi connectivity index (χ0) is 12.3. The molecule has 1 aromatic rings. The highest BCUT2D eigenvalue weighted by Gasteiger charge is 2.21. The van der Waals surface area contributed by atoms with Crippen molar-refractivity contribution in [1.82, 2.24) is 0 Å². The Morgan fingerprint density at radius 2 is 1.81 bits per heavy atom. The molecule has 0 N–H and O–H groups in total. The Hall–Kier alpha value is -1.31. The van der Waals surface area contributed by atoms with Crippen molar-refractivity contribution in [2.24, 2.45) is 5.41 Å². The fourth-order valence-electron chi connectivity index (χ4n) is 1.17. The van der Waals surface area contributed by atoms with Crippen LogP contribution >= 0.6 is 0 Å². The molecule has 0 amide bonds. The quantitative estimate of drug-likeness (QED) is 0.781. The van der Waals surface area contributed by atoms with Crippen molar-refractivity contribution in [3.05, 3.63) is 29.3 Å². The minimum absolute atomic E-state index is 0.116. The summed E-state index contributed by atoms with van der Waals surface area (Å²) in [5, 5.41) is 0. The van der Waals surface area contributed by atoms with E-state index >= 15 is 0 Å². The van der Waals surface area contributed by atoms with Gasteiger partial charge in [-0.05, 0) is 37.1 Å². The molecule has 0 unspecified atom stereocenters. The third kappa shape index (κ3) is 3.37. The zero-order valence-electron chi connectivity index (χ0n) is 10.8. The first-order valence-corrected chi connectivity index (χ1v) is 5.54. The Morgan fingerprint density at radius 1 is 1.19 bits per heavy atom. The van der Waals surface area contributed by atoms with Gasteiger partial charge in [0.05, 0.1) is 0 Å². The van der Waals surface area contributed by atoms with E-state index in [1.54, 1.807) is 0 Å². The van der Waals surface area contributed by atoms with Crippen molar-refractivity contribution in [3.63, 3.8) is 0 Å². The fraction of sp³-hybridized carbons (Fsp3) is 0.500. The summed E-state index contributed by atoms with van der Waals surface area (Å²) in [4.78, 5) is 11.7. The molecular formula is C14H20O2. The van der Waals surface area contributed by atoms with E-state index in [1.165, 1.54) is 11.1 Å². The number of Topliss-reactive ketones (excluding diaryl/α,β-unsaturated/α-hetero) is 1. The molecule has 0 spiro atoms. The van der Waals surface area contributed by atoms with Crippen LogP contribution in [0.2, 0.25) is 0 Å². The van der Waals surface area contributed by atoms with Gasteiger partial charge >= 0.3 is 0 Å². The summed E-state index contributed by atoms with van der Waals surface area (Å²) in [6.07, 6.45) is 0. The van der Waals surface area contributed by atoms with Crippen molar-refractivity contribution < 1.29 is 9.53 Å². The molecule has 2 nitrogen and oxygen atoms in total. The molecule has 0 aromatic heterocycles. The fourth-order valence-corrected chi connectivity index (χ4v) is 1.17. The normalized spacial score (nSPS) is 11.3. The number of benzene rings is 1. The van der Waals surface area contributed by atoms with Gasteiger partial charge in [-0.25, -0.2) is 0 Å². The van der Waals surface area contributed by atoms with Crippen LogP contribution in [-0.2, 0) is 4.79 Å². The van der Waals surface area contributed by atoms with Gasteiger partial charge in [0, 0.05) is 5.41 Å². The molecule has 1 aromatic carbocycles. The average Bonchev–Trinajstić information content (AvgIpc) is 2.18. The summed E-state index contributed by atoms with van der Waals surface area (Å²) >= 11 is 0. The van der Waals surface area contributed by atoms with Crippen LogP contribution in [0.15, 0.2) is 18.2 Å². The lowest BCUT2D eigenvalue weighted by Crippen LogP contribution is -2.26. The molecule has 2 heteroatoms. The highest BCUT2D eigenvalue weighted by molar-refractivity contribution is 5.85. The molecule has 0 saturated heterocycles. The Labute approximate surface area is 97.6 Å². The van der Waals surface area contributed by atoms with E-state index in [4.69, 9.17) is 4.74 Å². The van der Waals surface area contributed by atoms with Crippen molar-refractivity contribution in [2.45, 2.75) is 34.6 Å². The number of rotatable bonds is 3. The number of aryl methyl sites for hydroxylation is 2. The topological polar surface area (TPSA) is 26.3 Å². The lowest BCUT2D eigenvalue weighted by molar-refractivity contribution is -0.128. The summed E-state index contributed by atoms with van der Waals surface area (Å²) < 4.78 is 5.48. The van der Waals surface area contributed by atoms with Gasteiger partial charge in [-0.15, -0.1) is 0 Å².